The van der Waals surface area contributed by atoms with Gasteiger partial charge in [0.2, 0.25) is 0 Å². The summed E-state index contributed by atoms with van der Waals surface area (Å²) in [7, 11) is 0. The lowest BCUT2D eigenvalue weighted by Gasteiger charge is -2.42. The lowest BCUT2D eigenvalue weighted by atomic mass is 9.63. The largest absolute Gasteiger partial charge is 0.456 e. The zero-order chi connectivity index (χ0) is 60.1. The molecule has 0 amide bonds. The summed E-state index contributed by atoms with van der Waals surface area (Å²) in [6.07, 6.45) is 0. The molecule has 0 N–H and O–H groups in total. The molecule has 1 aliphatic carbocycles. The fourth-order valence-corrected chi connectivity index (χ4v) is 16.5. The van der Waals surface area contributed by atoms with Crippen LogP contribution in [0.15, 0.2) is 352 Å². The van der Waals surface area contributed by atoms with Crippen LogP contribution in [0, 0.1) is 0 Å². The first kappa shape index (κ1) is 52.5. The molecular formula is C89H58O2. The minimum atomic E-state index is -0.708. The van der Waals surface area contributed by atoms with Crippen molar-refractivity contribution in [2.75, 3.05) is 0 Å². The number of benzene rings is 15. The maximum atomic E-state index is 7.48. The molecule has 18 rings (SSSR count). The number of para-hydroxylation sites is 4. The summed E-state index contributed by atoms with van der Waals surface area (Å²) in [6, 6.07) is 130. The topological polar surface area (TPSA) is 18.5 Å². The van der Waals surface area contributed by atoms with Gasteiger partial charge in [0.15, 0.2) is 0 Å². The highest BCUT2D eigenvalue weighted by molar-refractivity contribution is 6.21. The fraction of sp³-hybridized carbons (Fsp3) is 0.0337. The van der Waals surface area contributed by atoms with Gasteiger partial charge in [-0.25, -0.2) is 0 Å². The van der Waals surface area contributed by atoms with Crippen molar-refractivity contribution in [2.45, 2.75) is 16.2 Å². The van der Waals surface area contributed by atoms with Crippen molar-refractivity contribution >= 4 is 21.5 Å². The van der Waals surface area contributed by atoms with E-state index in [0.717, 1.165) is 94.6 Å². The van der Waals surface area contributed by atoms with Crippen LogP contribution < -0.4 is 9.47 Å². The van der Waals surface area contributed by atoms with Crippen molar-refractivity contribution in [3.8, 4) is 67.5 Å². The van der Waals surface area contributed by atoms with Gasteiger partial charge in [0.05, 0.1) is 16.2 Å². The number of hydrogen-bond acceptors (Lipinski definition) is 2. The number of hydrogen-bond donors (Lipinski definition) is 0. The summed E-state index contributed by atoms with van der Waals surface area (Å²) >= 11 is 0. The van der Waals surface area contributed by atoms with Gasteiger partial charge in [0, 0.05) is 33.4 Å². The van der Waals surface area contributed by atoms with E-state index in [0.29, 0.717) is 0 Å². The normalized spacial score (nSPS) is 14.2. The first-order valence-electron chi connectivity index (χ1n) is 31.6. The van der Waals surface area contributed by atoms with Gasteiger partial charge in [-0.1, -0.05) is 334 Å². The molecular weight excluding hydrogens is 1100 g/mol. The van der Waals surface area contributed by atoms with Crippen molar-refractivity contribution in [3.63, 3.8) is 0 Å². The number of fused-ring (bicyclic) bond motifs is 9. The Hall–Kier alpha value is -11.6. The molecule has 2 heterocycles. The van der Waals surface area contributed by atoms with E-state index in [4.69, 9.17) is 9.47 Å². The van der Waals surface area contributed by atoms with Gasteiger partial charge in [-0.3, -0.25) is 0 Å². The summed E-state index contributed by atoms with van der Waals surface area (Å²) in [6.45, 7) is 0. The van der Waals surface area contributed by atoms with Gasteiger partial charge in [-0.2, -0.15) is 0 Å². The highest BCUT2D eigenvalue weighted by atomic mass is 16.5. The second-order valence-corrected chi connectivity index (χ2v) is 24.3. The molecule has 0 radical (unpaired) electrons. The van der Waals surface area contributed by atoms with Crippen LogP contribution in [0.1, 0.15) is 66.8 Å². The zero-order valence-corrected chi connectivity index (χ0v) is 49.8. The van der Waals surface area contributed by atoms with E-state index in [1.807, 2.05) is 0 Å². The Morgan fingerprint density at radius 3 is 0.868 bits per heavy atom. The predicted octanol–water partition coefficient (Wildman–Crippen LogP) is 22.3. The monoisotopic (exact) mass is 1160 g/mol. The molecule has 2 nitrogen and oxygen atoms in total. The third kappa shape index (κ3) is 7.48. The highest BCUT2D eigenvalue weighted by Crippen LogP contribution is 2.63. The number of rotatable bonds is 9. The summed E-state index contributed by atoms with van der Waals surface area (Å²) in [4.78, 5) is 0. The summed E-state index contributed by atoms with van der Waals surface area (Å²) in [5.41, 5.74) is 21.0. The van der Waals surface area contributed by atoms with Crippen LogP contribution in [0.5, 0.6) is 23.0 Å². The Bertz CT molecular complexity index is 4970. The molecule has 15 aromatic rings. The molecule has 0 saturated heterocycles. The average molecular weight is 1160 g/mol. The molecule has 426 valence electrons. The van der Waals surface area contributed by atoms with Gasteiger partial charge >= 0.3 is 0 Å². The molecule has 0 fully saturated rings. The van der Waals surface area contributed by atoms with E-state index >= 15 is 0 Å². The van der Waals surface area contributed by atoms with Crippen LogP contribution in [0.4, 0.5) is 0 Å². The van der Waals surface area contributed by atoms with Gasteiger partial charge in [0.25, 0.3) is 0 Å². The Morgan fingerprint density at radius 2 is 0.462 bits per heavy atom. The van der Waals surface area contributed by atoms with Gasteiger partial charge < -0.3 is 9.47 Å². The van der Waals surface area contributed by atoms with Crippen molar-refractivity contribution in [2.24, 2.45) is 0 Å². The Labute approximate surface area is 530 Å². The van der Waals surface area contributed by atoms with Crippen LogP contribution in [0.2, 0.25) is 0 Å². The van der Waals surface area contributed by atoms with Gasteiger partial charge in [0.1, 0.15) is 23.0 Å². The van der Waals surface area contributed by atoms with E-state index in [2.05, 4.69) is 352 Å². The SMILES string of the molecule is c1ccc(C2(c3ccccc3)c3ccccc3Oc3c(-c4cccc5c(-c6cccc7c6-c6ccccc6C7(c6ccccc6)c6ccccc6)c6cccc(-c7cccc8c7Oc7ccccc7C8(c7ccccc7)c7ccccc7)c6cc45)cccc32)cc1. The summed E-state index contributed by atoms with van der Waals surface area (Å²) in [5, 5.41) is 4.50. The third-order valence-electron chi connectivity index (χ3n) is 20.0. The quantitative estimate of drug-likeness (QED) is 0.134. The van der Waals surface area contributed by atoms with Crippen molar-refractivity contribution in [1.29, 1.82) is 0 Å². The molecule has 0 saturated carbocycles. The Balaban J connectivity index is 0.967. The van der Waals surface area contributed by atoms with Crippen LogP contribution in [0.3, 0.4) is 0 Å². The minimum Gasteiger partial charge on any atom is -0.456 e. The molecule has 0 atom stereocenters. The van der Waals surface area contributed by atoms with Crippen molar-refractivity contribution in [1.82, 2.24) is 0 Å². The fourth-order valence-electron chi connectivity index (χ4n) is 16.5. The molecule has 0 spiro atoms. The Morgan fingerprint density at radius 1 is 0.176 bits per heavy atom. The van der Waals surface area contributed by atoms with Crippen LogP contribution in [-0.4, -0.2) is 0 Å². The summed E-state index contributed by atoms with van der Waals surface area (Å²) in [5.74, 6) is 3.34. The highest BCUT2D eigenvalue weighted by Gasteiger charge is 2.50. The van der Waals surface area contributed by atoms with Gasteiger partial charge in [-0.05, 0) is 118 Å². The molecule has 91 heavy (non-hydrogen) atoms. The standard InChI is InChI=1S/C89H58O2/c1-7-30-59(31-8-1)87(60-32-9-2-10-33-60)75-50-20-19-42-71(75)84-72(49-29-53-78(84)87)83-67-45-25-43-65(69-47-27-54-79-85(69)90-81-56-23-21-51-76(81)88(79,61-34-11-3-12-35-61)62-36-13-4-14-37-62)73(67)58-74-66(44-26-46-68(74)83)70-48-28-55-80-86(70)91-82-57-24-22-52-77(82)89(80,63-38-15-5-16-39-63)64-40-17-6-18-41-64/h1-58H. The van der Waals surface area contributed by atoms with Crippen LogP contribution in [0.25, 0.3) is 66.1 Å². The number of ether oxygens (including phenoxy) is 2. The lowest BCUT2D eigenvalue weighted by Crippen LogP contribution is -2.34. The first-order chi connectivity index (χ1) is 45.2. The van der Waals surface area contributed by atoms with Crippen LogP contribution >= 0.6 is 0 Å². The minimum absolute atomic E-state index is 0.608. The first-order valence-corrected chi connectivity index (χ1v) is 31.6. The maximum absolute atomic E-state index is 7.48. The van der Waals surface area contributed by atoms with Crippen LogP contribution in [-0.2, 0) is 16.2 Å². The Kier molecular flexibility index (Phi) is 12.0. The third-order valence-corrected chi connectivity index (χ3v) is 20.0. The predicted molar refractivity (Wildman–Crippen MR) is 372 cm³/mol. The van der Waals surface area contributed by atoms with E-state index in [1.165, 1.54) is 61.2 Å². The molecule has 0 bridgehead atoms. The molecule has 0 aromatic heterocycles. The lowest BCUT2D eigenvalue weighted by molar-refractivity contribution is 0.436. The summed E-state index contributed by atoms with van der Waals surface area (Å²) < 4.78 is 15.0. The van der Waals surface area contributed by atoms with E-state index < -0.39 is 16.2 Å². The second-order valence-electron chi connectivity index (χ2n) is 24.3. The van der Waals surface area contributed by atoms with E-state index in [-0.39, 0.29) is 0 Å². The maximum Gasteiger partial charge on any atom is 0.140 e. The van der Waals surface area contributed by atoms with Crippen molar-refractivity contribution < 1.29 is 9.47 Å². The second kappa shape index (κ2) is 20.8. The average Bonchev–Trinajstić information content (AvgIpc) is 1.63. The molecule has 2 aliphatic heterocycles. The van der Waals surface area contributed by atoms with E-state index in [1.54, 1.807) is 0 Å². The van der Waals surface area contributed by atoms with E-state index in [9.17, 15) is 0 Å². The molecule has 2 heteroatoms. The zero-order valence-electron chi connectivity index (χ0n) is 49.8. The van der Waals surface area contributed by atoms with Gasteiger partial charge in [-0.15, -0.1) is 0 Å². The molecule has 0 unspecified atom stereocenters. The van der Waals surface area contributed by atoms with Crippen molar-refractivity contribution in [3.05, 3.63) is 419 Å². The molecule has 3 aliphatic rings. The molecule has 15 aromatic carbocycles. The smallest absolute Gasteiger partial charge is 0.140 e.